The maximum Gasteiger partial charge on any atom is 0.161 e. The molecule has 0 aliphatic carbocycles. The van der Waals surface area contributed by atoms with Gasteiger partial charge in [0.25, 0.3) is 0 Å². The third-order valence-corrected chi connectivity index (χ3v) is 2.80. The van der Waals surface area contributed by atoms with E-state index in [4.69, 9.17) is 15.2 Å². The maximum absolute atomic E-state index is 13.5. The van der Waals surface area contributed by atoms with Crippen LogP contribution in [-0.4, -0.2) is 7.11 Å². The average molecular weight is 261 g/mol. The predicted octanol–water partition coefficient (Wildman–Crippen LogP) is 2.87. The summed E-state index contributed by atoms with van der Waals surface area (Å²) in [6, 6.07) is 12.0. The fourth-order valence-electron chi connectivity index (χ4n) is 1.73. The standard InChI is InChI=1S/C15H16FNO2/c1-18-14-7-6-11(9-17)8-15(14)19-10-12-4-2-3-5-13(12)16/h2-8H,9-10,17H2,1H3. The molecular formula is C15H16FNO2. The zero-order valence-corrected chi connectivity index (χ0v) is 10.7. The van der Waals surface area contributed by atoms with E-state index in [1.54, 1.807) is 37.4 Å². The van der Waals surface area contributed by atoms with Crippen molar-refractivity contribution in [2.75, 3.05) is 7.11 Å². The van der Waals surface area contributed by atoms with E-state index in [-0.39, 0.29) is 12.4 Å². The number of hydrogen-bond acceptors (Lipinski definition) is 3. The van der Waals surface area contributed by atoms with Gasteiger partial charge in [0.2, 0.25) is 0 Å². The molecular weight excluding hydrogens is 245 g/mol. The Labute approximate surface area is 111 Å². The van der Waals surface area contributed by atoms with E-state index < -0.39 is 0 Å². The minimum Gasteiger partial charge on any atom is -0.493 e. The van der Waals surface area contributed by atoms with Crippen molar-refractivity contribution in [3.8, 4) is 11.5 Å². The summed E-state index contributed by atoms with van der Waals surface area (Å²) >= 11 is 0. The predicted molar refractivity (Wildman–Crippen MR) is 71.6 cm³/mol. The highest BCUT2D eigenvalue weighted by molar-refractivity contribution is 5.43. The van der Waals surface area contributed by atoms with Crippen LogP contribution < -0.4 is 15.2 Å². The van der Waals surface area contributed by atoms with Crippen LogP contribution in [-0.2, 0) is 13.2 Å². The zero-order valence-electron chi connectivity index (χ0n) is 10.7. The molecule has 0 aliphatic heterocycles. The molecule has 0 aromatic heterocycles. The van der Waals surface area contributed by atoms with Crippen LogP contribution in [0, 0.1) is 5.82 Å². The van der Waals surface area contributed by atoms with Crippen molar-refractivity contribution < 1.29 is 13.9 Å². The van der Waals surface area contributed by atoms with Crippen molar-refractivity contribution in [1.82, 2.24) is 0 Å². The van der Waals surface area contributed by atoms with Crippen molar-refractivity contribution in [1.29, 1.82) is 0 Å². The summed E-state index contributed by atoms with van der Waals surface area (Å²) in [5, 5.41) is 0. The third-order valence-electron chi connectivity index (χ3n) is 2.80. The highest BCUT2D eigenvalue weighted by atomic mass is 19.1. The minimum atomic E-state index is -0.281. The second kappa shape index (κ2) is 6.20. The van der Waals surface area contributed by atoms with Crippen molar-refractivity contribution in [2.45, 2.75) is 13.2 Å². The van der Waals surface area contributed by atoms with Crippen LogP contribution in [0.4, 0.5) is 4.39 Å². The van der Waals surface area contributed by atoms with Gasteiger partial charge < -0.3 is 15.2 Å². The first-order valence-electron chi connectivity index (χ1n) is 5.97. The lowest BCUT2D eigenvalue weighted by Gasteiger charge is -2.12. The van der Waals surface area contributed by atoms with Gasteiger partial charge in [0, 0.05) is 12.1 Å². The second-order valence-corrected chi connectivity index (χ2v) is 4.07. The van der Waals surface area contributed by atoms with E-state index in [0.717, 1.165) is 5.56 Å². The van der Waals surface area contributed by atoms with Gasteiger partial charge in [-0.3, -0.25) is 0 Å². The Morgan fingerprint density at radius 2 is 1.89 bits per heavy atom. The monoisotopic (exact) mass is 261 g/mol. The Morgan fingerprint density at radius 3 is 2.58 bits per heavy atom. The molecule has 0 radical (unpaired) electrons. The molecule has 2 rings (SSSR count). The lowest BCUT2D eigenvalue weighted by molar-refractivity contribution is 0.279. The highest BCUT2D eigenvalue weighted by Crippen LogP contribution is 2.28. The molecule has 2 aromatic rings. The molecule has 0 atom stereocenters. The van der Waals surface area contributed by atoms with E-state index in [9.17, 15) is 4.39 Å². The highest BCUT2D eigenvalue weighted by Gasteiger charge is 2.07. The molecule has 0 fully saturated rings. The topological polar surface area (TPSA) is 44.5 Å². The van der Waals surface area contributed by atoms with Gasteiger partial charge in [-0.25, -0.2) is 4.39 Å². The Bertz CT molecular complexity index is 558. The Morgan fingerprint density at radius 1 is 1.11 bits per heavy atom. The average Bonchev–Trinajstić information content (AvgIpc) is 2.46. The van der Waals surface area contributed by atoms with Gasteiger partial charge in [-0.05, 0) is 23.8 Å². The molecule has 0 saturated carbocycles. The van der Waals surface area contributed by atoms with Gasteiger partial charge in [0.15, 0.2) is 11.5 Å². The van der Waals surface area contributed by atoms with Crippen LogP contribution in [0.5, 0.6) is 11.5 Å². The van der Waals surface area contributed by atoms with Gasteiger partial charge in [-0.2, -0.15) is 0 Å². The summed E-state index contributed by atoms with van der Waals surface area (Å²) in [6.45, 7) is 0.567. The van der Waals surface area contributed by atoms with Crippen LogP contribution in [0.2, 0.25) is 0 Å². The smallest absolute Gasteiger partial charge is 0.161 e. The van der Waals surface area contributed by atoms with Gasteiger partial charge in [-0.1, -0.05) is 24.3 Å². The number of halogens is 1. The molecule has 0 aliphatic rings. The van der Waals surface area contributed by atoms with Crippen molar-refractivity contribution in [2.24, 2.45) is 5.73 Å². The second-order valence-electron chi connectivity index (χ2n) is 4.07. The van der Waals surface area contributed by atoms with Crippen LogP contribution in [0.15, 0.2) is 42.5 Å². The van der Waals surface area contributed by atoms with Gasteiger partial charge in [0.1, 0.15) is 12.4 Å². The molecule has 0 spiro atoms. The lowest BCUT2D eigenvalue weighted by atomic mass is 10.2. The number of nitrogens with two attached hydrogens (primary N) is 1. The number of ether oxygens (including phenoxy) is 2. The number of benzene rings is 2. The summed E-state index contributed by atoms with van der Waals surface area (Å²) in [5.74, 6) is 0.888. The van der Waals surface area contributed by atoms with Gasteiger partial charge in [0.05, 0.1) is 7.11 Å². The summed E-state index contributed by atoms with van der Waals surface area (Å²) in [7, 11) is 1.56. The molecule has 100 valence electrons. The zero-order chi connectivity index (χ0) is 13.7. The largest absolute Gasteiger partial charge is 0.493 e. The quantitative estimate of drug-likeness (QED) is 0.900. The molecule has 0 amide bonds. The Balaban J connectivity index is 2.16. The summed E-state index contributed by atoms with van der Waals surface area (Å²) in [5.41, 5.74) is 7.02. The number of hydrogen-bond donors (Lipinski definition) is 1. The molecule has 0 bridgehead atoms. The van der Waals surface area contributed by atoms with E-state index in [1.165, 1.54) is 6.07 Å². The van der Waals surface area contributed by atoms with E-state index in [0.29, 0.717) is 23.6 Å². The van der Waals surface area contributed by atoms with Crippen molar-refractivity contribution >= 4 is 0 Å². The maximum atomic E-state index is 13.5. The molecule has 4 heteroatoms. The Kier molecular flexibility index (Phi) is 4.36. The van der Waals surface area contributed by atoms with Crippen LogP contribution >= 0.6 is 0 Å². The molecule has 0 saturated heterocycles. The third kappa shape index (κ3) is 3.23. The summed E-state index contributed by atoms with van der Waals surface area (Å²) < 4.78 is 24.3. The van der Waals surface area contributed by atoms with Crippen LogP contribution in [0.3, 0.4) is 0 Å². The molecule has 2 aromatic carbocycles. The minimum absolute atomic E-state index is 0.150. The van der Waals surface area contributed by atoms with Gasteiger partial charge >= 0.3 is 0 Å². The van der Waals surface area contributed by atoms with Crippen molar-refractivity contribution in [3.05, 3.63) is 59.4 Å². The van der Waals surface area contributed by atoms with Gasteiger partial charge in [-0.15, -0.1) is 0 Å². The lowest BCUT2D eigenvalue weighted by Crippen LogP contribution is -2.02. The fraction of sp³-hybridized carbons (Fsp3) is 0.200. The summed E-state index contributed by atoms with van der Waals surface area (Å²) in [4.78, 5) is 0. The summed E-state index contributed by atoms with van der Waals surface area (Å²) in [6.07, 6.45) is 0. The number of methoxy groups -OCH3 is 1. The van der Waals surface area contributed by atoms with E-state index >= 15 is 0 Å². The van der Waals surface area contributed by atoms with Crippen LogP contribution in [0.25, 0.3) is 0 Å². The molecule has 0 unspecified atom stereocenters. The van der Waals surface area contributed by atoms with Crippen molar-refractivity contribution in [3.63, 3.8) is 0 Å². The Hall–Kier alpha value is -2.07. The SMILES string of the molecule is COc1ccc(CN)cc1OCc1ccccc1F. The molecule has 19 heavy (non-hydrogen) atoms. The first-order valence-corrected chi connectivity index (χ1v) is 5.97. The fourth-order valence-corrected chi connectivity index (χ4v) is 1.73. The first-order chi connectivity index (χ1) is 9.24. The first kappa shape index (κ1) is 13.4. The van der Waals surface area contributed by atoms with E-state index in [1.807, 2.05) is 6.07 Å². The molecule has 0 heterocycles. The normalized spacial score (nSPS) is 10.3. The molecule has 3 nitrogen and oxygen atoms in total. The van der Waals surface area contributed by atoms with E-state index in [2.05, 4.69) is 0 Å². The number of rotatable bonds is 5. The molecule has 2 N–H and O–H groups in total. The van der Waals surface area contributed by atoms with Crippen LogP contribution in [0.1, 0.15) is 11.1 Å².